The Bertz CT molecular complexity index is 703. The number of hydrogen-bond donors (Lipinski definition) is 2. The second kappa shape index (κ2) is 6.71. The second-order valence-electron chi connectivity index (χ2n) is 6.02. The molecule has 1 aromatic heterocycles. The van der Waals surface area contributed by atoms with Crippen LogP contribution in [-0.2, 0) is 14.8 Å². The van der Waals surface area contributed by atoms with Crippen LogP contribution in [0.2, 0.25) is 0 Å². The number of carboxylic acids is 1. The molecular weight excluding hydrogens is 324 g/mol. The molecule has 2 N–H and O–H groups in total. The maximum Gasteiger partial charge on any atom is 0.309 e. The zero-order chi connectivity index (χ0) is 18.0. The first kappa shape index (κ1) is 19.2. The summed E-state index contributed by atoms with van der Waals surface area (Å²) in [6.45, 7) is 4.77. The number of nitrogens with zero attached hydrogens (tertiary/aromatic N) is 1. The number of furan rings is 1. The number of aliphatic carboxylic acids is 1. The van der Waals surface area contributed by atoms with E-state index in [0.717, 1.165) is 4.31 Å². The molecule has 0 atom stereocenters. The van der Waals surface area contributed by atoms with E-state index in [1.54, 1.807) is 13.8 Å². The first-order valence-electron chi connectivity index (χ1n) is 6.94. The van der Waals surface area contributed by atoms with E-state index in [1.807, 2.05) is 0 Å². The average molecular weight is 346 g/mol. The lowest BCUT2D eigenvalue weighted by Crippen LogP contribution is -2.32. The van der Waals surface area contributed by atoms with Crippen molar-refractivity contribution in [3.63, 3.8) is 0 Å². The minimum absolute atomic E-state index is 0.110. The van der Waals surface area contributed by atoms with Gasteiger partial charge >= 0.3 is 5.97 Å². The van der Waals surface area contributed by atoms with Crippen LogP contribution in [0.15, 0.2) is 15.6 Å². The van der Waals surface area contributed by atoms with Gasteiger partial charge in [0.15, 0.2) is 0 Å². The van der Waals surface area contributed by atoms with Gasteiger partial charge in [-0.15, -0.1) is 0 Å². The third-order valence-electron chi connectivity index (χ3n) is 3.49. The highest BCUT2D eigenvalue weighted by Crippen LogP contribution is 2.22. The summed E-state index contributed by atoms with van der Waals surface area (Å²) >= 11 is 0. The van der Waals surface area contributed by atoms with Crippen molar-refractivity contribution >= 4 is 21.9 Å². The molecule has 23 heavy (non-hydrogen) atoms. The van der Waals surface area contributed by atoms with Crippen molar-refractivity contribution in [3.05, 3.63) is 17.4 Å². The molecule has 0 spiro atoms. The largest absolute Gasteiger partial charge is 0.481 e. The first-order chi connectivity index (χ1) is 10.4. The van der Waals surface area contributed by atoms with Crippen LogP contribution in [-0.4, -0.2) is 50.3 Å². The Hall–Kier alpha value is -1.87. The van der Waals surface area contributed by atoms with Crippen LogP contribution in [0, 0.1) is 12.3 Å². The van der Waals surface area contributed by atoms with E-state index in [4.69, 9.17) is 9.52 Å². The Balaban J connectivity index is 2.83. The molecule has 0 unspecified atom stereocenters. The van der Waals surface area contributed by atoms with Gasteiger partial charge in [-0.1, -0.05) is 0 Å². The molecule has 130 valence electrons. The lowest BCUT2D eigenvalue weighted by Gasteiger charge is -2.18. The van der Waals surface area contributed by atoms with Gasteiger partial charge in [0.25, 0.3) is 15.9 Å². The Morgan fingerprint density at radius 3 is 2.39 bits per heavy atom. The summed E-state index contributed by atoms with van der Waals surface area (Å²) in [6, 6.07) is 1.17. The molecule has 0 aromatic carbocycles. The van der Waals surface area contributed by atoms with Gasteiger partial charge in [-0.25, -0.2) is 12.7 Å². The number of hydrogen-bond acceptors (Lipinski definition) is 5. The summed E-state index contributed by atoms with van der Waals surface area (Å²) < 4.78 is 30.1. The smallest absolute Gasteiger partial charge is 0.309 e. The molecule has 1 aromatic rings. The number of amides is 1. The number of aryl methyl sites for hydroxylation is 1. The van der Waals surface area contributed by atoms with E-state index in [2.05, 4.69) is 5.32 Å². The second-order valence-corrected chi connectivity index (χ2v) is 8.10. The van der Waals surface area contributed by atoms with Gasteiger partial charge in [-0.3, -0.25) is 9.59 Å². The summed E-state index contributed by atoms with van der Waals surface area (Å²) in [5, 5.41) is 11.3. The zero-order valence-electron chi connectivity index (χ0n) is 13.8. The van der Waals surface area contributed by atoms with E-state index >= 15 is 0 Å². The lowest BCUT2D eigenvalue weighted by atomic mass is 9.90. The number of carbonyl (C=O) groups excluding carboxylic acids is 1. The summed E-state index contributed by atoms with van der Waals surface area (Å²) in [6.07, 6.45) is 0.244. The summed E-state index contributed by atoms with van der Waals surface area (Å²) in [5.41, 5.74) is -0.850. The Labute approximate surface area is 135 Å². The Morgan fingerprint density at radius 1 is 1.35 bits per heavy atom. The fraction of sp³-hybridized carbons (Fsp3) is 0.571. The van der Waals surface area contributed by atoms with Gasteiger partial charge in [-0.05, 0) is 27.2 Å². The molecule has 1 rings (SSSR count). The van der Waals surface area contributed by atoms with Crippen molar-refractivity contribution in [2.45, 2.75) is 32.3 Å². The van der Waals surface area contributed by atoms with Crippen molar-refractivity contribution in [2.75, 3.05) is 20.6 Å². The minimum Gasteiger partial charge on any atom is -0.481 e. The number of carbonyl (C=O) groups is 2. The highest BCUT2D eigenvalue weighted by molar-refractivity contribution is 7.88. The maximum atomic E-state index is 12.1. The van der Waals surface area contributed by atoms with E-state index in [0.29, 0.717) is 0 Å². The average Bonchev–Trinajstić information content (AvgIpc) is 2.80. The molecule has 0 saturated carbocycles. The van der Waals surface area contributed by atoms with Crippen LogP contribution in [0.3, 0.4) is 0 Å². The molecule has 0 saturated heterocycles. The van der Waals surface area contributed by atoms with Crippen LogP contribution in [0.4, 0.5) is 0 Å². The molecule has 8 nitrogen and oxygen atoms in total. The van der Waals surface area contributed by atoms with E-state index < -0.39 is 27.3 Å². The van der Waals surface area contributed by atoms with Gasteiger partial charge in [-0.2, -0.15) is 0 Å². The fourth-order valence-corrected chi connectivity index (χ4v) is 2.53. The number of carboxylic acid groups (broad SMARTS) is 1. The molecule has 0 aliphatic heterocycles. The third-order valence-corrected chi connectivity index (χ3v) is 5.16. The maximum absolute atomic E-state index is 12.1. The highest BCUT2D eigenvalue weighted by atomic mass is 32.2. The quantitative estimate of drug-likeness (QED) is 0.762. The minimum atomic E-state index is -3.76. The lowest BCUT2D eigenvalue weighted by molar-refractivity contribution is -0.147. The van der Waals surface area contributed by atoms with Gasteiger partial charge < -0.3 is 14.8 Å². The van der Waals surface area contributed by atoms with E-state index in [-0.39, 0.29) is 29.4 Å². The molecule has 9 heteroatoms. The van der Waals surface area contributed by atoms with E-state index in [1.165, 1.54) is 27.1 Å². The van der Waals surface area contributed by atoms with Crippen molar-refractivity contribution in [3.8, 4) is 0 Å². The number of sulfonamides is 1. The van der Waals surface area contributed by atoms with Crippen molar-refractivity contribution < 1.29 is 27.5 Å². The predicted octanol–water partition coefficient (Wildman–Crippen LogP) is 1.07. The standard InChI is InChI=1S/C14H22N2O6S/c1-9-10(8-11(22-9)23(20,21)16(4)5)12(17)15-7-6-14(2,3)13(18)19/h8H,6-7H2,1-5H3,(H,15,17)(H,18,19). The fourth-order valence-electron chi connectivity index (χ4n) is 1.68. The molecule has 0 fully saturated rings. The normalized spacial score (nSPS) is 12.4. The highest BCUT2D eigenvalue weighted by Gasteiger charge is 2.28. The topological polar surface area (TPSA) is 117 Å². The van der Waals surface area contributed by atoms with Gasteiger partial charge in [0.2, 0.25) is 5.09 Å². The monoisotopic (exact) mass is 346 g/mol. The summed E-state index contributed by atoms with van der Waals surface area (Å²) in [5.74, 6) is -1.28. The third kappa shape index (κ3) is 4.32. The molecule has 0 bridgehead atoms. The van der Waals surface area contributed by atoms with Gasteiger partial charge in [0, 0.05) is 26.7 Å². The van der Waals surface area contributed by atoms with E-state index in [9.17, 15) is 18.0 Å². The van der Waals surface area contributed by atoms with Crippen LogP contribution < -0.4 is 5.32 Å². The number of rotatable bonds is 7. The zero-order valence-corrected chi connectivity index (χ0v) is 14.7. The SMILES string of the molecule is Cc1oc(S(=O)(=O)N(C)C)cc1C(=O)NCCC(C)(C)C(=O)O. The Kier molecular flexibility index (Phi) is 5.60. The molecule has 1 amide bonds. The molecule has 1 heterocycles. The molecule has 0 aliphatic rings. The molecular formula is C14H22N2O6S. The number of nitrogens with one attached hydrogen (secondary N) is 1. The van der Waals surface area contributed by atoms with Crippen molar-refractivity contribution in [1.82, 2.24) is 9.62 Å². The molecule has 0 radical (unpaired) electrons. The molecule has 0 aliphatic carbocycles. The Morgan fingerprint density at radius 2 is 1.91 bits per heavy atom. The summed E-state index contributed by atoms with van der Waals surface area (Å²) in [7, 11) is -1.03. The summed E-state index contributed by atoms with van der Waals surface area (Å²) in [4.78, 5) is 23.1. The van der Waals surface area contributed by atoms with Crippen molar-refractivity contribution in [1.29, 1.82) is 0 Å². The van der Waals surface area contributed by atoms with Crippen LogP contribution in [0.1, 0.15) is 36.4 Å². The first-order valence-corrected chi connectivity index (χ1v) is 8.38. The predicted molar refractivity (Wildman–Crippen MR) is 82.7 cm³/mol. The van der Waals surface area contributed by atoms with Gasteiger partial charge in [0.1, 0.15) is 5.76 Å². The van der Waals surface area contributed by atoms with Crippen LogP contribution >= 0.6 is 0 Å². The van der Waals surface area contributed by atoms with Gasteiger partial charge in [0.05, 0.1) is 11.0 Å². The van der Waals surface area contributed by atoms with Crippen molar-refractivity contribution in [2.24, 2.45) is 5.41 Å². The van der Waals surface area contributed by atoms with Crippen LogP contribution in [0.25, 0.3) is 0 Å². The van der Waals surface area contributed by atoms with Crippen LogP contribution in [0.5, 0.6) is 0 Å².